The first-order valence-electron chi connectivity index (χ1n) is 7.05. The maximum Gasteiger partial charge on any atom is 0.0422 e. The fourth-order valence-electron chi connectivity index (χ4n) is 2.23. The summed E-state index contributed by atoms with van der Waals surface area (Å²) in [5, 5.41) is 3.54. The summed E-state index contributed by atoms with van der Waals surface area (Å²) < 4.78 is 0. The highest BCUT2D eigenvalue weighted by atomic mass is 14.9. The van der Waals surface area contributed by atoms with Gasteiger partial charge in [-0.2, -0.15) is 0 Å². The Balaban J connectivity index is 2.11. The molecule has 1 N–H and O–H groups in total. The van der Waals surface area contributed by atoms with Crippen molar-refractivity contribution in [2.24, 2.45) is 0 Å². The number of aromatic nitrogens is 1. The molecule has 1 heterocycles. The van der Waals surface area contributed by atoms with Crippen LogP contribution in [0.15, 0.2) is 48.7 Å². The molecule has 1 aromatic heterocycles. The van der Waals surface area contributed by atoms with Gasteiger partial charge in [-0.3, -0.25) is 4.98 Å². The van der Waals surface area contributed by atoms with E-state index < -0.39 is 0 Å². The summed E-state index contributed by atoms with van der Waals surface area (Å²) >= 11 is 0. The molecule has 0 amide bonds. The fourth-order valence-corrected chi connectivity index (χ4v) is 2.23. The van der Waals surface area contributed by atoms with Crippen LogP contribution in [0.4, 0.5) is 0 Å². The maximum atomic E-state index is 4.56. The third kappa shape index (κ3) is 3.90. The number of nitrogens with zero attached hydrogens (tertiary/aromatic N) is 1. The molecule has 2 rings (SSSR count). The number of nitrogens with one attached hydrogen (secondary N) is 1. The van der Waals surface area contributed by atoms with Gasteiger partial charge in [0.2, 0.25) is 0 Å². The molecule has 0 saturated carbocycles. The van der Waals surface area contributed by atoms with E-state index in [1.165, 1.54) is 11.1 Å². The average Bonchev–Trinajstić information content (AvgIpc) is 2.48. The van der Waals surface area contributed by atoms with Crippen LogP contribution in [0.3, 0.4) is 0 Å². The van der Waals surface area contributed by atoms with Gasteiger partial charge >= 0.3 is 0 Å². The molecular formula is C17H22N2. The van der Waals surface area contributed by atoms with Gasteiger partial charge in [0, 0.05) is 24.4 Å². The lowest BCUT2D eigenvalue weighted by Gasteiger charge is -2.18. The van der Waals surface area contributed by atoms with Crippen LogP contribution in [0.5, 0.6) is 0 Å². The van der Waals surface area contributed by atoms with Crippen LogP contribution < -0.4 is 5.32 Å². The SMILES string of the molecule is CCNC(Cc1ccc(CC)cn1)c1ccccc1. The van der Waals surface area contributed by atoms with E-state index >= 15 is 0 Å². The monoisotopic (exact) mass is 254 g/mol. The van der Waals surface area contributed by atoms with E-state index in [0.717, 1.165) is 25.1 Å². The van der Waals surface area contributed by atoms with E-state index in [1.807, 2.05) is 6.20 Å². The van der Waals surface area contributed by atoms with Crippen molar-refractivity contribution >= 4 is 0 Å². The summed E-state index contributed by atoms with van der Waals surface area (Å²) in [6.07, 6.45) is 3.97. The smallest absolute Gasteiger partial charge is 0.0422 e. The first-order chi connectivity index (χ1) is 9.33. The molecule has 0 aliphatic carbocycles. The number of benzene rings is 1. The normalized spacial score (nSPS) is 12.3. The van der Waals surface area contributed by atoms with Crippen molar-refractivity contribution in [2.75, 3.05) is 6.54 Å². The third-order valence-electron chi connectivity index (χ3n) is 3.36. The van der Waals surface area contributed by atoms with E-state index in [1.54, 1.807) is 0 Å². The van der Waals surface area contributed by atoms with Crippen molar-refractivity contribution in [1.82, 2.24) is 10.3 Å². The standard InChI is InChI=1S/C17H22N2/c1-3-14-10-11-16(19-13-14)12-17(18-4-2)15-8-6-5-7-9-15/h5-11,13,17-18H,3-4,12H2,1-2H3. The van der Waals surface area contributed by atoms with Crippen LogP contribution in [0, 0.1) is 0 Å². The minimum absolute atomic E-state index is 0.339. The Labute approximate surface area is 115 Å². The summed E-state index contributed by atoms with van der Waals surface area (Å²) in [5.41, 5.74) is 3.76. The lowest BCUT2D eigenvalue weighted by Crippen LogP contribution is -2.23. The number of aryl methyl sites for hydroxylation is 1. The quantitative estimate of drug-likeness (QED) is 0.853. The van der Waals surface area contributed by atoms with Gasteiger partial charge in [-0.25, -0.2) is 0 Å². The molecule has 1 atom stereocenters. The van der Waals surface area contributed by atoms with Gasteiger partial charge in [0.25, 0.3) is 0 Å². The molecule has 0 spiro atoms. The van der Waals surface area contributed by atoms with E-state index in [0.29, 0.717) is 6.04 Å². The molecule has 2 heteroatoms. The Morgan fingerprint density at radius 1 is 1.05 bits per heavy atom. The zero-order valence-electron chi connectivity index (χ0n) is 11.8. The highest BCUT2D eigenvalue weighted by Gasteiger charge is 2.11. The maximum absolute atomic E-state index is 4.56. The second-order valence-electron chi connectivity index (χ2n) is 4.74. The molecule has 2 aromatic rings. The van der Waals surface area contributed by atoms with Gasteiger partial charge in [-0.05, 0) is 30.2 Å². The van der Waals surface area contributed by atoms with Gasteiger partial charge in [0.05, 0.1) is 0 Å². The van der Waals surface area contributed by atoms with E-state index in [2.05, 4.69) is 66.6 Å². The molecule has 0 radical (unpaired) electrons. The third-order valence-corrected chi connectivity index (χ3v) is 3.36. The van der Waals surface area contributed by atoms with E-state index in [4.69, 9.17) is 0 Å². The summed E-state index contributed by atoms with van der Waals surface area (Å²) in [6, 6.07) is 15.2. The molecule has 100 valence electrons. The van der Waals surface area contributed by atoms with Crippen LogP contribution >= 0.6 is 0 Å². The zero-order valence-corrected chi connectivity index (χ0v) is 11.8. The van der Waals surface area contributed by atoms with Crippen molar-refractivity contribution in [3.8, 4) is 0 Å². The molecule has 0 bridgehead atoms. The van der Waals surface area contributed by atoms with Crippen LogP contribution in [-0.4, -0.2) is 11.5 Å². The Morgan fingerprint density at radius 2 is 1.84 bits per heavy atom. The Kier molecular flexibility index (Phi) is 5.10. The van der Waals surface area contributed by atoms with Crippen LogP contribution in [-0.2, 0) is 12.8 Å². The number of rotatable bonds is 6. The number of hydrogen-bond donors (Lipinski definition) is 1. The summed E-state index contributed by atoms with van der Waals surface area (Å²) in [6.45, 7) is 5.26. The Bertz CT molecular complexity index is 476. The second kappa shape index (κ2) is 7.05. The highest BCUT2D eigenvalue weighted by molar-refractivity contribution is 5.22. The van der Waals surface area contributed by atoms with Crippen LogP contribution in [0.2, 0.25) is 0 Å². The highest BCUT2D eigenvalue weighted by Crippen LogP contribution is 2.17. The molecule has 0 saturated heterocycles. The molecular weight excluding hydrogens is 232 g/mol. The van der Waals surface area contributed by atoms with E-state index in [-0.39, 0.29) is 0 Å². The van der Waals surface area contributed by atoms with E-state index in [9.17, 15) is 0 Å². The fraction of sp³-hybridized carbons (Fsp3) is 0.353. The Morgan fingerprint density at radius 3 is 2.42 bits per heavy atom. The molecule has 2 nitrogen and oxygen atoms in total. The van der Waals surface area contributed by atoms with Gasteiger partial charge in [-0.1, -0.05) is 50.2 Å². The molecule has 0 aliphatic rings. The second-order valence-corrected chi connectivity index (χ2v) is 4.74. The Hall–Kier alpha value is -1.67. The summed E-state index contributed by atoms with van der Waals surface area (Å²) in [5.74, 6) is 0. The molecule has 0 aliphatic heterocycles. The first-order valence-corrected chi connectivity index (χ1v) is 7.05. The molecule has 1 aromatic carbocycles. The van der Waals surface area contributed by atoms with Crippen molar-refractivity contribution in [3.05, 3.63) is 65.5 Å². The van der Waals surface area contributed by atoms with Crippen molar-refractivity contribution in [2.45, 2.75) is 32.7 Å². The number of hydrogen-bond acceptors (Lipinski definition) is 2. The lowest BCUT2D eigenvalue weighted by atomic mass is 10.0. The predicted molar refractivity (Wildman–Crippen MR) is 80.2 cm³/mol. The topological polar surface area (TPSA) is 24.9 Å². The molecule has 1 unspecified atom stereocenters. The van der Waals surface area contributed by atoms with Crippen LogP contribution in [0.1, 0.15) is 36.7 Å². The minimum Gasteiger partial charge on any atom is -0.310 e. The van der Waals surface area contributed by atoms with Crippen molar-refractivity contribution in [1.29, 1.82) is 0 Å². The molecule has 0 fully saturated rings. The largest absolute Gasteiger partial charge is 0.310 e. The number of pyridine rings is 1. The minimum atomic E-state index is 0.339. The first kappa shape index (κ1) is 13.8. The van der Waals surface area contributed by atoms with Gasteiger partial charge in [0.15, 0.2) is 0 Å². The van der Waals surface area contributed by atoms with Gasteiger partial charge < -0.3 is 5.32 Å². The average molecular weight is 254 g/mol. The molecule has 19 heavy (non-hydrogen) atoms. The lowest BCUT2D eigenvalue weighted by molar-refractivity contribution is 0.544. The van der Waals surface area contributed by atoms with Gasteiger partial charge in [-0.15, -0.1) is 0 Å². The van der Waals surface area contributed by atoms with Gasteiger partial charge in [0.1, 0.15) is 0 Å². The van der Waals surface area contributed by atoms with Crippen molar-refractivity contribution in [3.63, 3.8) is 0 Å². The number of likely N-dealkylation sites (N-methyl/N-ethyl adjacent to an activating group) is 1. The zero-order chi connectivity index (χ0) is 13.5. The summed E-state index contributed by atoms with van der Waals surface area (Å²) in [4.78, 5) is 4.56. The van der Waals surface area contributed by atoms with Crippen molar-refractivity contribution < 1.29 is 0 Å². The summed E-state index contributed by atoms with van der Waals surface area (Å²) in [7, 11) is 0. The predicted octanol–water partition coefficient (Wildman–Crippen LogP) is 3.54. The van der Waals surface area contributed by atoms with Crippen LogP contribution in [0.25, 0.3) is 0 Å².